The molecule has 0 atom stereocenters. The monoisotopic (exact) mass is 217 g/mol. The van der Waals surface area contributed by atoms with Crippen LogP contribution in [0.2, 0.25) is 0 Å². The molecule has 1 aliphatic rings. The van der Waals surface area contributed by atoms with Crippen LogP contribution in [0.25, 0.3) is 0 Å². The summed E-state index contributed by atoms with van der Waals surface area (Å²) in [6.07, 6.45) is 3.32. The predicted molar refractivity (Wildman–Crippen MR) is 63.7 cm³/mol. The van der Waals surface area contributed by atoms with Crippen LogP contribution in [-0.2, 0) is 0 Å². The van der Waals surface area contributed by atoms with Crippen LogP contribution in [0.15, 0.2) is 35.2 Å². The highest BCUT2D eigenvalue weighted by molar-refractivity contribution is 8.01. The molecule has 1 fully saturated rings. The molecular formula is C13H15NS. The van der Waals surface area contributed by atoms with E-state index in [9.17, 15) is 5.26 Å². The highest BCUT2D eigenvalue weighted by Gasteiger charge is 2.44. The first kappa shape index (κ1) is 10.6. The Kier molecular flexibility index (Phi) is 3.02. The Bertz CT molecular complexity index is 360. The lowest BCUT2D eigenvalue weighted by Crippen LogP contribution is -2.39. The van der Waals surface area contributed by atoms with Crippen LogP contribution in [0, 0.1) is 17.2 Å². The highest BCUT2D eigenvalue weighted by Crippen LogP contribution is 2.51. The fourth-order valence-corrected chi connectivity index (χ4v) is 3.50. The fourth-order valence-electron chi connectivity index (χ4n) is 2.07. The molecule has 1 nitrogen and oxygen atoms in total. The Morgan fingerprint density at radius 2 is 2.07 bits per heavy atom. The molecule has 2 rings (SSSR count). The van der Waals surface area contributed by atoms with Crippen LogP contribution in [0.4, 0.5) is 0 Å². The summed E-state index contributed by atoms with van der Waals surface area (Å²) >= 11 is 1.74. The van der Waals surface area contributed by atoms with Crippen LogP contribution in [0.3, 0.4) is 0 Å². The van der Waals surface area contributed by atoms with Crippen LogP contribution in [-0.4, -0.2) is 4.75 Å². The van der Waals surface area contributed by atoms with Crippen molar-refractivity contribution in [3.63, 3.8) is 0 Å². The van der Waals surface area contributed by atoms with Gasteiger partial charge in [-0.05, 0) is 30.9 Å². The van der Waals surface area contributed by atoms with E-state index >= 15 is 0 Å². The third kappa shape index (κ3) is 2.18. The average molecular weight is 217 g/mol. The number of hydrogen-bond donors (Lipinski definition) is 0. The van der Waals surface area contributed by atoms with Crippen molar-refractivity contribution in [2.75, 3.05) is 0 Å². The van der Waals surface area contributed by atoms with E-state index in [0.717, 1.165) is 18.8 Å². The molecular weight excluding hydrogens is 202 g/mol. The number of nitrogens with zero attached hydrogens (tertiary/aromatic N) is 1. The molecule has 1 aliphatic carbocycles. The number of rotatable bonds is 3. The van der Waals surface area contributed by atoms with Gasteiger partial charge in [-0.1, -0.05) is 31.5 Å². The molecule has 78 valence electrons. The average Bonchev–Trinajstić information content (AvgIpc) is 2.24. The molecule has 0 unspecified atom stereocenters. The first-order valence-corrected chi connectivity index (χ1v) is 6.25. The molecule has 0 N–H and O–H groups in total. The lowest BCUT2D eigenvalue weighted by atomic mass is 9.73. The lowest BCUT2D eigenvalue weighted by Gasteiger charge is -2.41. The number of nitriles is 1. The van der Waals surface area contributed by atoms with Crippen LogP contribution in [0.1, 0.15) is 26.2 Å². The third-order valence-electron chi connectivity index (χ3n) is 3.07. The van der Waals surface area contributed by atoms with E-state index in [0.29, 0.717) is 0 Å². The van der Waals surface area contributed by atoms with Gasteiger partial charge in [0.15, 0.2) is 0 Å². The van der Waals surface area contributed by atoms with Gasteiger partial charge < -0.3 is 0 Å². The second-order valence-corrected chi connectivity index (χ2v) is 5.66. The molecule has 0 saturated heterocycles. The van der Waals surface area contributed by atoms with Gasteiger partial charge in [0.05, 0.1) is 6.07 Å². The van der Waals surface area contributed by atoms with Crippen LogP contribution < -0.4 is 0 Å². The van der Waals surface area contributed by atoms with Crippen molar-refractivity contribution in [1.29, 1.82) is 5.26 Å². The van der Waals surface area contributed by atoms with Crippen molar-refractivity contribution in [3.8, 4) is 6.07 Å². The summed E-state index contributed by atoms with van der Waals surface area (Å²) in [4.78, 5) is 1.22. The summed E-state index contributed by atoms with van der Waals surface area (Å²) in [5.74, 6) is 0.765. The predicted octanol–water partition coefficient (Wildman–Crippen LogP) is 3.86. The van der Waals surface area contributed by atoms with Gasteiger partial charge in [-0.3, -0.25) is 0 Å². The Morgan fingerprint density at radius 3 is 2.60 bits per heavy atom. The largest absolute Gasteiger partial charge is 0.197 e. The number of hydrogen-bond acceptors (Lipinski definition) is 2. The first-order chi connectivity index (χ1) is 7.28. The zero-order valence-corrected chi connectivity index (χ0v) is 9.76. The molecule has 1 aromatic rings. The maximum atomic E-state index is 9.24. The summed E-state index contributed by atoms with van der Waals surface area (Å²) in [7, 11) is 0. The molecule has 15 heavy (non-hydrogen) atoms. The van der Waals surface area contributed by atoms with E-state index in [1.807, 2.05) is 18.2 Å². The Labute approximate surface area is 95.5 Å². The quantitative estimate of drug-likeness (QED) is 0.767. The smallest absolute Gasteiger partial charge is 0.108 e. The summed E-state index contributed by atoms with van der Waals surface area (Å²) in [5.41, 5.74) is 0. The molecule has 0 amide bonds. The summed E-state index contributed by atoms with van der Waals surface area (Å²) < 4.78 is -0.137. The van der Waals surface area contributed by atoms with E-state index < -0.39 is 0 Å². The molecule has 0 aromatic heterocycles. The minimum Gasteiger partial charge on any atom is -0.197 e. The maximum Gasteiger partial charge on any atom is 0.108 e. The Hall–Kier alpha value is -0.940. The van der Waals surface area contributed by atoms with E-state index in [-0.39, 0.29) is 4.75 Å². The summed E-state index contributed by atoms with van der Waals surface area (Å²) in [6.45, 7) is 2.21. The van der Waals surface area contributed by atoms with E-state index in [1.165, 1.54) is 11.3 Å². The SMILES string of the molecule is CCC1CC(C#N)(Sc2ccccc2)C1. The van der Waals surface area contributed by atoms with Crippen molar-refractivity contribution < 1.29 is 0 Å². The summed E-state index contributed by atoms with van der Waals surface area (Å²) in [5, 5.41) is 9.24. The molecule has 0 heterocycles. The standard InChI is InChI=1S/C13H15NS/c1-2-11-8-13(9-11,10-14)15-12-6-4-3-5-7-12/h3-7,11H,2,8-9H2,1H3. The fraction of sp³-hybridized carbons (Fsp3) is 0.462. The van der Waals surface area contributed by atoms with E-state index in [1.54, 1.807) is 11.8 Å². The van der Waals surface area contributed by atoms with E-state index in [4.69, 9.17) is 0 Å². The van der Waals surface area contributed by atoms with Crippen molar-refractivity contribution in [2.24, 2.45) is 5.92 Å². The minimum atomic E-state index is -0.137. The maximum absolute atomic E-state index is 9.24. The van der Waals surface area contributed by atoms with Gasteiger partial charge in [-0.25, -0.2) is 0 Å². The Balaban J connectivity index is 2.03. The minimum absolute atomic E-state index is 0.137. The van der Waals surface area contributed by atoms with Gasteiger partial charge in [0, 0.05) is 4.90 Å². The molecule has 0 radical (unpaired) electrons. The molecule has 1 saturated carbocycles. The van der Waals surface area contributed by atoms with Crippen molar-refractivity contribution in [3.05, 3.63) is 30.3 Å². The van der Waals surface area contributed by atoms with Crippen LogP contribution in [0.5, 0.6) is 0 Å². The van der Waals surface area contributed by atoms with Gasteiger partial charge in [0.25, 0.3) is 0 Å². The van der Waals surface area contributed by atoms with Gasteiger partial charge in [-0.15, -0.1) is 11.8 Å². The summed E-state index contributed by atoms with van der Waals surface area (Å²) in [6, 6.07) is 12.7. The molecule has 0 spiro atoms. The number of benzene rings is 1. The Morgan fingerprint density at radius 1 is 1.40 bits per heavy atom. The zero-order valence-electron chi connectivity index (χ0n) is 8.94. The van der Waals surface area contributed by atoms with Crippen LogP contribution >= 0.6 is 11.8 Å². The van der Waals surface area contributed by atoms with Crippen molar-refractivity contribution in [1.82, 2.24) is 0 Å². The zero-order chi connectivity index (χ0) is 10.7. The lowest BCUT2D eigenvalue weighted by molar-refractivity contribution is 0.269. The number of thioether (sulfide) groups is 1. The normalized spacial score (nSPS) is 29.2. The van der Waals surface area contributed by atoms with Gasteiger partial charge in [0.2, 0.25) is 0 Å². The molecule has 1 aromatic carbocycles. The van der Waals surface area contributed by atoms with Crippen molar-refractivity contribution >= 4 is 11.8 Å². The van der Waals surface area contributed by atoms with Crippen molar-refractivity contribution in [2.45, 2.75) is 35.8 Å². The third-order valence-corrected chi connectivity index (χ3v) is 4.40. The molecule has 0 aliphatic heterocycles. The van der Waals surface area contributed by atoms with Gasteiger partial charge in [0.1, 0.15) is 4.75 Å². The first-order valence-electron chi connectivity index (χ1n) is 5.43. The van der Waals surface area contributed by atoms with E-state index in [2.05, 4.69) is 25.1 Å². The molecule has 2 heteroatoms. The highest BCUT2D eigenvalue weighted by atomic mass is 32.2. The topological polar surface area (TPSA) is 23.8 Å². The van der Waals surface area contributed by atoms with Gasteiger partial charge >= 0.3 is 0 Å². The van der Waals surface area contributed by atoms with Gasteiger partial charge in [-0.2, -0.15) is 5.26 Å². The second kappa shape index (κ2) is 4.28. The molecule has 0 bridgehead atoms. The second-order valence-electron chi connectivity index (χ2n) is 4.20.